The summed E-state index contributed by atoms with van der Waals surface area (Å²) < 4.78 is 2.17. The van der Waals surface area contributed by atoms with Crippen molar-refractivity contribution in [3.8, 4) is 11.8 Å². The molecule has 0 saturated heterocycles. The van der Waals surface area contributed by atoms with Crippen molar-refractivity contribution in [3.05, 3.63) is 92.8 Å². The summed E-state index contributed by atoms with van der Waals surface area (Å²) in [5.41, 5.74) is 6.63. The predicted molar refractivity (Wildman–Crippen MR) is 121 cm³/mol. The van der Waals surface area contributed by atoms with E-state index >= 15 is 0 Å². The van der Waals surface area contributed by atoms with Crippen molar-refractivity contribution in [2.45, 2.75) is 40.0 Å². The molecule has 30 heavy (non-hydrogen) atoms. The fourth-order valence-electron chi connectivity index (χ4n) is 3.54. The average molecular weight is 399 g/mol. The maximum atomic E-state index is 10.9. The summed E-state index contributed by atoms with van der Waals surface area (Å²) >= 11 is 0. The first-order valence-corrected chi connectivity index (χ1v) is 9.78. The van der Waals surface area contributed by atoms with Crippen LogP contribution in [0.25, 0.3) is 17.3 Å². The smallest absolute Gasteiger partial charge is 0.269 e. The van der Waals surface area contributed by atoms with E-state index in [0.717, 1.165) is 22.6 Å². The summed E-state index contributed by atoms with van der Waals surface area (Å²) in [5, 5.41) is 20.5. The van der Waals surface area contributed by atoms with E-state index in [1.54, 1.807) is 12.1 Å². The van der Waals surface area contributed by atoms with Gasteiger partial charge in [0, 0.05) is 29.2 Å². The van der Waals surface area contributed by atoms with Crippen molar-refractivity contribution in [2.75, 3.05) is 0 Å². The molecule has 0 saturated carbocycles. The molecule has 0 aliphatic rings. The van der Waals surface area contributed by atoms with E-state index in [1.807, 2.05) is 19.9 Å². The van der Waals surface area contributed by atoms with E-state index in [0.29, 0.717) is 11.1 Å². The van der Waals surface area contributed by atoms with Crippen LogP contribution in [0.15, 0.2) is 54.6 Å². The Balaban J connectivity index is 2.00. The molecule has 5 nitrogen and oxygen atoms in total. The molecular formula is C25H25N3O2. The Kier molecular flexibility index (Phi) is 5.62. The number of nitrogens with zero attached hydrogens (tertiary/aromatic N) is 3. The zero-order valence-electron chi connectivity index (χ0n) is 17.9. The van der Waals surface area contributed by atoms with Gasteiger partial charge in [0.05, 0.1) is 16.6 Å². The Labute approximate surface area is 177 Å². The third-order valence-corrected chi connectivity index (χ3v) is 5.27. The van der Waals surface area contributed by atoms with Crippen LogP contribution in [0, 0.1) is 35.3 Å². The highest BCUT2D eigenvalue weighted by Crippen LogP contribution is 2.28. The van der Waals surface area contributed by atoms with Gasteiger partial charge in [-0.05, 0) is 72.4 Å². The minimum Gasteiger partial charge on any atom is -0.318 e. The van der Waals surface area contributed by atoms with Gasteiger partial charge in [0.25, 0.3) is 5.69 Å². The Morgan fingerprint density at radius 2 is 1.67 bits per heavy atom. The number of benzene rings is 2. The monoisotopic (exact) mass is 399 g/mol. The fourth-order valence-corrected chi connectivity index (χ4v) is 3.54. The second kappa shape index (κ2) is 8.00. The highest BCUT2D eigenvalue weighted by molar-refractivity contribution is 5.90. The SMILES string of the molecule is Cc1cc(/C=C(/C#N)c2ccc([N+](=O)[O-])cc2)c(C)n1-c1ccc(C(C)(C)C)cc1. The third-order valence-electron chi connectivity index (χ3n) is 5.27. The van der Waals surface area contributed by atoms with Gasteiger partial charge in [-0.15, -0.1) is 0 Å². The molecule has 0 spiro atoms. The number of allylic oxidation sites excluding steroid dienone is 1. The number of hydrogen-bond acceptors (Lipinski definition) is 3. The molecule has 3 aromatic rings. The number of nitro groups is 1. The Morgan fingerprint density at radius 3 is 2.17 bits per heavy atom. The zero-order valence-corrected chi connectivity index (χ0v) is 17.9. The first kappa shape index (κ1) is 21.1. The van der Waals surface area contributed by atoms with Crippen molar-refractivity contribution in [2.24, 2.45) is 0 Å². The maximum absolute atomic E-state index is 10.9. The Hall–Kier alpha value is -3.65. The minimum absolute atomic E-state index is 0.00733. The summed E-state index contributed by atoms with van der Waals surface area (Å²) in [7, 11) is 0. The van der Waals surface area contributed by atoms with E-state index in [9.17, 15) is 15.4 Å². The number of nitriles is 1. The molecule has 1 heterocycles. The van der Waals surface area contributed by atoms with E-state index in [2.05, 4.69) is 61.7 Å². The van der Waals surface area contributed by atoms with Gasteiger partial charge in [-0.3, -0.25) is 10.1 Å². The predicted octanol–water partition coefficient (Wildman–Crippen LogP) is 6.36. The van der Waals surface area contributed by atoms with Gasteiger partial charge in [0.15, 0.2) is 0 Å². The lowest BCUT2D eigenvalue weighted by Crippen LogP contribution is -2.11. The standard InChI is InChI=1S/C25H25N3O2/c1-17-14-20(15-21(16-26)19-6-10-24(11-7-19)28(29)30)18(2)27(17)23-12-8-22(9-13-23)25(3,4)5/h6-15H,1-5H3/b21-15-. The highest BCUT2D eigenvalue weighted by Gasteiger charge is 2.15. The van der Waals surface area contributed by atoms with Crippen molar-refractivity contribution in [1.29, 1.82) is 5.26 Å². The number of nitro benzene ring substituents is 1. The van der Waals surface area contributed by atoms with Crippen molar-refractivity contribution < 1.29 is 4.92 Å². The van der Waals surface area contributed by atoms with Gasteiger partial charge in [-0.2, -0.15) is 5.26 Å². The highest BCUT2D eigenvalue weighted by atomic mass is 16.6. The van der Waals surface area contributed by atoms with Crippen molar-refractivity contribution >= 4 is 17.3 Å². The summed E-state index contributed by atoms with van der Waals surface area (Å²) in [4.78, 5) is 10.4. The average Bonchev–Trinajstić information content (AvgIpc) is 2.98. The van der Waals surface area contributed by atoms with Crippen LogP contribution in [0.3, 0.4) is 0 Å². The second-order valence-corrected chi connectivity index (χ2v) is 8.43. The maximum Gasteiger partial charge on any atom is 0.269 e. The number of rotatable bonds is 4. The quantitative estimate of drug-likeness (QED) is 0.291. The molecular weight excluding hydrogens is 374 g/mol. The van der Waals surface area contributed by atoms with Gasteiger partial charge in [0.1, 0.15) is 0 Å². The number of aromatic nitrogens is 1. The minimum atomic E-state index is -0.446. The van der Waals surface area contributed by atoms with Crippen LogP contribution in [-0.2, 0) is 5.41 Å². The number of aryl methyl sites for hydroxylation is 1. The molecule has 0 radical (unpaired) electrons. The van der Waals surface area contributed by atoms with Crippen LogP contribution in [0.1, 0.15) is 48.8 Å². The van der Waals surface area contributed by atoms with Gasteiger partial charge in [0.2, 0.25) is 0 Å². The Bertz CT molecular complexity index is 1150. The summed E-state index contributed by atoms with van der Waals surface area (Å²) in [5.74, 6) is 0. The van der Waals surface area contributed by atoms with Crippen LogP contribution in [0.2, 0.25) is 0 Å². The van der Waals surface area contributed by atoms with E-state index in [4.69, 9.17) is 0 Å². The van der Waals surface area contributed by atoms with Crippen LogP contribution in [0.4, 0.5) is 5.69 Å². The van der Waals surface area contributed by atoms with Crippen LogP contribution in [-0.4, -0.2) is 9.49 Å². The van der Waals surface area contributed by atoms with E-state index in [1.165, 1.54) is 17.7 Å². The van der Waals surface area contributed by atoms with E-state index < -0.39 is 4.92 Å². The first-order chi connectivity index (χ1) is 14.1. The Morgan fingerprint density at radius 1 is 1.07 bits per heavy atom. The third kappa shape index (κ3) is 4.18. The van der Waals surface area contributed by atoms with E-state index in [-0.39, 0.29) is 11.1 Å². The van der Waals surface area contributed by atoms with Crippen molar-refractivity contribution in [1.82, 2.24) is 4.57 Å². The molecule has 0 fully saturated rings. The normalized spacial score (nSPS) is 11.9. The summed E-state index contributed by atoms with van der Waals surface area (Å²) in [6.45, 7) is 10.7. The van der Waals surface area contributed by atoms with Gasteiger partial charge in [-0.25, -0.2) is 0 Å². The lowest BCUT2D eigenvalue weighted by molar-refractivity contribution is -0.384. The molecule has 5 heteroatoms. The number of non-ortho nitro benzene ring substituents is 1. The molecule has 3 rings (SSSR count). The molecule has 0 aliphatic carbocycles. The topological polar surface area (TPSA) is 71.9 Å². The van der Waals surface area contributed by atoms with Gasteiger partial charge >= 0.3 is 0 Å². The molecule has 2 aromatic carbocycles. The molecule has 0 aliphatic heterocycles. The molecule has 0 amide bonds. The molecule has 0 unspecified atom stereocenters. The lowest BCUT2D eigenvalue weighted by Gasteiger charge is -2.20. The van der Waals surface area contributed by atoms with Crippen LogP contribution >= 0.6 is 0 Å². The number of hydrogen-bond donors (Lipinski definition) is 0. The molecule has 152 valence electrons. The summed E-state index contributed by atoms with van der Waals surface area (Å²) in [6, 6.07) is 18.9. The van der Waals surface area contributed by atoms with Crippen LogP contribution < -0.4 is 0 Å². The van der Waals surface area contributed by atoms with Crippen LogP contribution in [0.5, 0.6) is 0 Å². The molecule has 0 atom stereocenters. The molecule has 1 aromatic heterocycles. The molecule has 0 bridgehead atoms. The molecule has 0 N–H and O–H groups in total. The van der Waals surface area contributed by atoms with Crippen molar-refractivity contribution in [3.63, 3.8) is 0 Å². The zero-order chi connectivity index (χ0) is 22.1. The second-order valence-electron chi connectivity index (χ2n) is 8.43. The largest absolute Gasteiger partial charge is 0.318 e. The summed E-state index contributed by atoms with van der Waals surface area (Å²) in [6.07, 6.45) is 1.84. The first-order valence-electron chi connectivity index (χ1n) is 9.78. The van der Waals surface area contributed by atoms with Gasteiger partial charge < -0.3 is 4.57 Å². The fraction of sp³-hybridized carbons (Fsp3) is 0.240. The lowest BCUT2D eigenvalue weighted by atomic mass is 9.87. The van der Waals surface area contributed by atoms with Gasteiger partial charge in [-0.1, -0.05) is 32.9 Å².